The second kappa shape index (κ2) is 10.5. The van der Waals surface area contributed by atoms with Crippen LogP contribution in [0.1, 0.15) is 38.7 Å². The van der Waals surface area contributed by atoms with Gasteiger partial charge in [-0.3, -0.25) is 10.3 Å². The van der Waals surface area contributed by atoms with Crippen LogP contribution in [0, 0.1) is 5.82 Å². The minimum atomic E-state index is -2.76. The number of methoxy groups -OCH3 is 1. The van der Waals surface area contributed by atoms with Crippen LogP contribution in [0.25, 0.3) is 5.31 Å². The highest BCUT2D eigenvalue weighted by atomic mass is 35.5. The van der Waals surface area contributed by atoms with Crippen molar-refractivity contribution in [2.45, 2.75) is 33.1 Å². The minimum absolute atomic E-state index is 0.0436. The number of carbonyl (C=O) groups is 1. The molecule has 1 heterocycles. The molecule has 29 heavy (non-hydrogen) atoms. The highest BCUT2D eigenvalue weighted by Gasteiger charge is 2.27. The number of carbonyl (C=O) groups excluding carboxylic acids is 1. The Labute approximate surface area is 180 Å². The number of piperidine rings is 1. The van der Waals surface area contributed by atoms with Crippen molar-refractivity contribution in [3.63, 3.8) is 0 Å². The van der Waals surface area contributed by atoms with Crippen LogP contribution in [0.5, 0.6) is 0 Å². The number of nitrogens with one attached hydrogen (secondary N) is 1. The van der Waals surface area contributed by atoms with Gasteiger partial charge in [0.05, 0.1) is 17.8 Å². The maximum Gasteiger partial charge on any atom is 0.414 e. The smallest absolute Gasteiger partial charge is 0.414 e. The molecule has 1 aromatic rings. The monoisotopic (exact) mass is 463 g/mol. The topological polar surface area (TPSA) is 71.0 Å². The van der Waals surface area contributed by atoms with E-state index in [2.05, 4.69) is 10.5 Å². The highest BCUT2D eigenvalue weighted by Crippen LogP contribution is 2.59. The first-order chi connectivity index (χ1) is 13.8. The largest absolute Gasteiger partial charge is 0.452 e. The van der Waals surface area contributed by atoms with E-state index in [1.807, 2.05) is 13.8 Å². The van der Waals surface area contributed by atoms with E-state index in [9.17, 15) is 13.8 Å². The summed E-state index contributed by atoms with van der Waals surface area (Å²) < 4.78 is 32.4. The summed E-state index contributed by atoms with van der Waals surface area (Å²) in [6.07, 6.45) is 2.56. The van der Waals surface area contributed by atoms with E-state index in [1.165, 1.54) is 23.6 Å². The van der Waals surface area contributed by atoms with E-state index in [-0.39, 0.29) is 10.7 Å². The van der Waals surface area contributed by atoms with Crippen molar-refractivity contribution in [2.75, 3.05) is 31.4 Å². The zero-order chi connectivity index (χ0) is 21.6. The summed E-state index contributed by atoms with van der Waals surface area (Å²) in [5, 5.41) is 4.73. The molecule has 1 saturated heterocycles. The van der Waals surface area contributed by atoms with E-state index in [4.69, 9.17) is 27.9 Å². The summed E-state index contributed by atoms with van der Waals surface area (Å²) in [6.45, 7) is 4.12. The lowest BCUT2D eigenvalue weighted by atomic mass is 10.1. The molecule has 2 rings (SSSR count). The molecule has 0 aromatic heterocycles. The molecule has 10 heteroatoms. The number of amides is 1. The number of benzene rings is 1. The second-order valence-corrected chi connectivity index (χ2v) is 10.7. The number of amidine groups is 1. The van der Waals surface area contributed by atoms with Gasteiger partial charge in [-0.05, 0) is 25.0 Å². The Balaban J connectivity index is 2.41. The standard InChI is InChI=1S/C19H25Cl2FN3O3P/c1-4-29(27,5-2)17(12-20)13-10-16(15(22)11-14(13)21)23-24-18-8-6-7-9-25(18)19(26)28-3/h10-12,23H,4-9H2,1-3H3. The zero-order valence-electron chi connectivity index (χ0n) is 16.7. The van der Waals surface area contributed by atoms with Gasteiger partial charge in [-0.1, -0.05) is 37.0 Å². The molecule has 0 bridgehead atoms. The van der Waals surface area contributed by atoms with E-state index >= 15 is 0 Å². The third kappa shape index (κ3) is 5.33. The van der Waals surface area contributed by atoms with Crippen molar-refractivity contribution in [3.05, 3.63) is 34.1 Å². The SMILES string of the molecule is CCP(=O)(CC)C(=CCl)c1cc(NN=C2CCCCN2C(=O)OC)c(F)cc1Cl. The van der Waals surface area contributed by atoms with Gasteiger partial charge in [0.1, 0.15) is 18.8 Å². The van der Waals surface area contributed by atoms with Crippen LogP contribution in [0.15, 0.2) is 22.8 Å². The van der Waals surface area contributed by atoms with Crippen LogP contribution in [-0.2, 0) is 9.30 Å². The fourth-order valence-electron chi connectivity index (χ4n) is 3.13. The Bertz CT molecular complexity index is 869. The number of ether oxygens (including phenoxy) is 1. The van der Waals surface area contributed by atoms with E-state index < -0.39 is 19.1 Å². The quantitative estimate of drug-likeness (QED) is 0.391. The number of rotatable bonds is 6. The van der Waals surface area contributed by atoms with Gasteiger partial charge in [-0.15, -0.1) is 0 Å². The first-order valence-electron chi connectivity index (χ1n) is 9.37. The molecule has 0 atom stereocenters. The van der Waals surface area contributed by atoms with Crippen molar-refractivity contribution in [1.29, 1.82) is 0 Å². The van der Waals surface area contributed by atoms with Gasteiger partial charge in [-0.25, -0.2) is 9.18 Å². The number of halogens is 3. The highest BCUT2D eigenvalue weighted by molar-refractivity contribution is 7.74. The molecule has 1 aliphatic rings. The van der Waals surface area contributed by atoms with Crippen molar-refractivity contribution < 1.29 is 18.5 Å². The predicted molar refractivity (Wildman–Crippen MR) is 118 cm³/mol. The molecule has 0 spiro atoms. The summed E-state index contributed by atoms with van der Waals surface area (Å²) in [7, 11) is -1.46. The first-order valence-corrected chi connectivity index (χ1v) is 12.3. The lowest BCUT2D eigenvalue weighted by Gasteiger charge is -2.26. The lowest BCUT2D eigenvalue weighted by Crippen LogP contribution is -2.40. The summed E-state index contributed by atoms with van der Waals surface area (Å²) in [5.74, 6) is -0.167. The zero-order valence-corrected chi connectivity index (χ0v) is 19.1. The second-order valence-electron chi connectivity index (χ2n) is 6.55. The maximum absolute atomic E-state index is 14.5. The Morgan fingerprint density at radius 2 is 2.07 bits per heavy atom. The Hall–Kier alpha value is -1.56. The Morgan fingerprint density at radius 3 is 2.66 bits per heavy atom. The van der Waals surface area contributed by atoms with Crippen LogP contribution >= 0.6 is 30.3 Å². The fourth-order valence-corrected chi connectivity index (χ4v) is 6.03. The Morgan fingerprint density at radius 1 is 1.38 bits per heavy atom. The number of hydrogen-bond acceptors (Lipinski definition) is 5. The molecule has 1 N–H and O–H groups in total. The van der Waals surface area contributed by atoms with Gasteiger partial charge in [0, 0.05) is 41.7 Å². The van der Waals surface area contributed by atoms with Crippen LogP contribution < -0.4 is 5.43 Å². The normalized spacial score (nSPS) is 16.8. The molecule has 1 fully saturated rings. The van der Waals surface area contributed by atoms with Crippen LogP contribution in [0.4, 0.5) is 14.9 Å². The van der Waals surface area contributed by atoms with Crippen molar-refractivity contribution >= 4 is 53.3 Å². The molecule has 1 amide bonds. The van der Waals surface area contributed by atoms with E-state index in [0.717, 1.165) is 18.9 Å². The Kier molecular flexibility index (Phi) is 8.56. The van der Waals surface area contributed by atoms with E-state index in [1.54, 1.807) is 0 Å². The average Bonchev–Trinajstić information content (AvgIpc) is 2.74. The minimum Gasteiger partial charge on any atom is -0.452 e. The predicted octanol–water partition coefficient (Wildman–Crippen LogP) is 6.40. The van der Waals surface area contributed by atoms with Gasteiger partial charge in [-0.2, -0.15) is 5.10 Å². The average molecular weight is 464 g/mol. The lowest BCUT2D eigenvalue weighted by molar-refractivity contribution is 0.142. The van der Waals surface area contributed by atoms with Crippen LogP contribution in [0.2, 0.25) is 5.02 Å². The number of likely N-dealkylation sites (tertiary alicyclic amines) is 1. The van der Waals surface area contributed by atoms with Gasteiger partial charge in [0.25, 0.3) is 0 Å². The molecule has 0 aliphatic carbocycles. The molecule has 1 aromatic carbocycles. The third-order valence-electron chi connectivity index (χ3n) is 4.94. The van der Waals surface area contributed by atoms with Crippen molar-refractivity contribution in [1.82, 2.24) is 4.90 Å². The summed E-state index contributed by atoms with van der Waals surface area (Å²) in [4.78, 5) is 13.3. The van der Waals surface area contributed by atoms with Gasteiger partial charge >= 0.3 is 6.09 Å². The summed E-state index contributed by atoms with van der Waals surface area (Å²) >= 11 is 12.2. The first kappa shape index (κ1) is 23.7. The molecule has 6 nitrogen and oxygen atoms in total. The molecule has 0 saturated carbocycles. The molecular weight excluding hydrogens is 439 g/mol. The number of anilines is 1. The number of hydrazone groups is 1. The summed E-state index contributed by atoms with van der Waals surface area (Å²) in [6, 6.07) is 2.58. The third-order valence-corrected chi connectivity index (χ3v) is 8.92. The molecule has 0 unspecified atom stereocenters. The van der Waals surface area contributed by atoms with Gasteiger partial charge < -0.3 is 9.30 Å². The van der Waals surface area contributed by atoms with Gasteiger partial charge in [0.15, 0.2) is 0 Å². The fraction of sp³-hybridized carbons (Fsp3) is 0.474. The molecule has 0 radical (unpaired) electrons. The van der Waals surface area contributed by atoms with Crippen LogP contribution in [0.3, 0.4) is 0 Å². The number of hydrogen-bond donors (Lipinski definition) is 1. The maximum atomic E-state index is 14.5. The molecule has 1 aliphatic heterocycles. The van der Waals surface area contributed by atoms with Crippen molar-refractivity contribution in [3.8, 4) is 0 Å². The molecular formula is C19H25Cl2FN3O3P. The summed E-state index contributed by atoms with van der Waals surface area (Å²) in [5.41, 5.74) is 4.36. The van der Waals surface area contributed by atoms with Crippen molar-refractivity contribution in [2.24, 2.45) is 5.10 Å². The van der Waals surface area contributed by atoms with Crippen LogP contribution in [-0.4, -0.2) is 42.8 Å². The van der Waals surface area contributed by atoms with E-state index in [0.29, 0.717) is 42.0 Å². The number of nitrogens with zero attached hydrogens (tertiary/aromatic N) is 2. The van der Waals surface area contributed by atoms with Gasteiger partial charge in [0.2, 0.25) is 0 Å². The molecule has 160 valence electrons.